The third-order valence-electron chi connectivity index (χ3n) is 2.73. The Morgan fingerprint density at radius 1 is 1.50 bits per heavy atom. The van der Waals surface area contributed by atoms with Crippen molar-refractivity contribution >= 4 is 17.3 Å². The second kappa shape index (κ2) is 4.51. The lowest BCUT2D eigenvalue weighted by Crippen LogP contribution is -2.02. The Hall–Kier alpha value is -0.940. The van der Waals surface area contributed by atoms with Crippen molar-refractivity contribution in [1.82, 2.24) is 4.98 Å². The highest BCUT2D eigenvalue weighted by Gasteiger charge is 2.35. The van der Waals surface area contributed by atoms with Crippen LogP contribution in [0.3, 0.4) is 0 Å². The lowest BCUT2D eigenvalue weighted by molar-refractivity contribution is 0.0605. The van der Waals surface area contributed by atoms with Crippen LogP contribution in [-0.4, -0.2) is 25.2 Å². The topological polar surface area (TPSA) is 48.4 Å². The number of esters is 1. The van der Waals surface area contributed by atoms with Gasteiger partial charge in [-0.2, -0.15) is 0 Å². The fourth-order valence-electron chi connectivity index (χ4n) is 1.71. The fraction of sp³-hybridized carbons (Fsp3) is 0.636. The molecule has 1 aromatic rings. The summed E-state index contributed by atoms with van der Waals surface area (Å²) in [6.07, 6.45) is 2.41. The maximum Gasteiger partial charge on any atom is 0.349 e. The minimum Gasteiger partial charge on any atom is -0.465 e. The Morgan fingerprint density at radius 2 is 2.19 bits per heavy atom. The molecule has 4 nitrogen and oxygen atoms in total. The molecule has 0 amide bonds. The van der Waals surface area contributed by atoms with Crippen LogP contribution < -0.4 is 0 Å². The van der Waals surface area contributed by atoms with E-state index in [2.05, 4.69) is 4.98 Å². The van der Waals surface area contributed by atoms with E-state index in [1.165, 1.54) is 31.3 Å². The van der Waals surface area contributed by atoms with Gasteiger partial charge in [-0.15, -0.1) is 11.3 Å². The summed E-state index contributed by atoms with van der Waals surface area (Å²) >= 11 is 1.38. The van der Waals surface area contributed by atoms with Gasteiger partial charge in [0, 0.05) is 7.11 Å². The number of hydrogen-bond donors (Lipinski definition) is 0. The Balaban J connectivity index is 2.25. The second-order valence-corrected chi connectivity index (χ2v) is 4.98. The van der Waals surface area contributed by atoms with E-state index in [-0.39, 0.29) is 12.1 Å². The zero-order valence-electron chi connectivity index (χ0n) is 9.65. The van der Waals surface area contributed by atoms with Crippen LogP contribution in [0.4, 0.5) is 0 Å². The molecule has 0 bridgehead atoms. The monoisotopic (exact) mass is 241 g/mol. The summed E-state index contributed by atoms with van der Waals surface area (Å²) < 4.78 is 10.1. The number of carbonyl (C=O) groups excluding carboxylic acids is 1. The molecule has 1 unspecified atom stereocenters. The van der Waals surface area contributed by atoms with Gasteiger partial charge >= 0.3 is 5.97 Å². The molecular weight excluding hydrogens is 226 g/mol. The first-order chi connectivity index (χ1) is 7.67. The van der Waals surface area contributed by atoms with Crippen molar-refractivity contribution in [3.8, 4) is 0 Å². The molecule has 88 valence electrons. The quantitative estimate of drug-likeness (QED) is 0.759. The van der Waals surface area contributed by atoms with Gasteiger partial charge < -0.3 is 9.47 Å². The normalized spacial score (nSPS) is 17.2. The summed E-state index contributed by atoms with van der Waals surface area (Å²) in [5.41, 5.74) is 0.731. The van der Waals surface area contributed by atoms with Gasteiger partial charge in [-0.05, 0) is 25.7 Å². The molecule has 0 spiro atoms. The lowest BCUT2D eigenvalue weighted by Gasteiger charge is -2.10. The van der Waals surface area contributed by atoms with Crippen molar-refractivity contribution < 1.29 is 14.3 Å². The Labute approximate surface area is 98.6 Å². The van der Waals surface area contributed by atoms with Crippen LogP contribution in [0.2, 0.25) is 0 Å². The highest BCUT2D eigenvalue weighted by Crippen LogP contribution is 2.44. The van der Waals surface area contributed by atoms with Gasteiger partial charge in [-0.25, -0.2) is 9.78 Å². The first-order valence-corrected chi connectivity index (χ1v) is 6.07. The van der Waals surface area contributed by atoms with Gasteiger partial charge in [0.15, 0.2) is 0 Å². The maximum atomic E-state index is 11.5. The minimum absolute atomic E-state index is 0.0436. The molecule has 1 aliphatic rings. The van der Waals surface area contributed by atoms with E-state index in [0.29, 0.717) is 10.8 Å². The SMILES string of the molecule is COC(=O)c1sc(C(OC)C2CC2)nc1C. The molecule has 16 heavy (non-hydrogen) atoms. The van der Waals surface area contributed by atoms with Crippen molar-refractivity contribution in [1.29, 1.82) is 0 Å². The maximum absolute atomic E-state index is 11.5. The van der Waals surface area contributed by atoms with Crippen LogP contribution in [0.1, 0.15) is 39.3 Å². The fourth-order valence-corrected chi connectivity index (χ4v) is 2.87. The van der Waals surface area contributed by atoms with Crippen molar-refractivity contribution in [2.75, 3.05) is 14.2 Å². The molecule has 1 aromatic heterocycles. The average Bonchev–Trinajstić information content (AvgIpc) is 3.03. The molecule has 1 fully saturated rings. The lowest BCUT2D eigenvalue weighted by atomic mass is 10.2. The smallest absolute Gasteiger partial charge is 0.349 e. The van der Waals surface area contributed by atoms with Crippen molar-refractivity contribution in [2.45, 2.75) is 25.9 Å². The average molecular weight is 241 g/mol. The molecule has 0 radical (unpaired) electrons. The largest absolute Gasteiger partial charge is 0.465 e. The van der Waals surface area contributed by atoms with E-state index in [1.54, 1.807) is 7.11 Å². The van der Waals surface area contributed by atoms with Gasteiger partial charge in [0.05, 0.1) is 12.8 Å². The summed E-state index contributed by atoms with van der Waals surface area (Å²) in [5.74, 6) is 0.257. The summed E-state index contributed by atoms with van der Waals surface area (Å²) in [7, 11) is 3.08. The number of rotatable bonds is 4. The van der Waals surface area contributed by atoms with Crippen LogP contribution in [-0.2, 0) is 9.47 Å². The van der Waals surface area contributed by atoms with Crippen LogP contribution >= 0.6 is 11.3 Å². The van der Waals surface area contributed by atoms with Crippen LogP contribution in [0.25, 0.3) is 0 Å². The van der Waals surface area contributed by atoms with E-state index >= 15 is 0 Å². The molecular formula is C11H15NO3S. The van der Waals surface area contributed by atoms with E-state index in [4.69, 9.17) is 9.47 Å². The molecule has 2 rings (SSSR count). The van der Waals surface area contributed by atoms with Gasteiger partial charge in [-0.3, -0.25) is 0 Å². The Morgan fingerprint density at radius 3 is 2.69 bits per heavy atom. The van der Waals surface area contributed by atoms with Gasteiger partial charge in [0.2, 0.25) is 0 Å². The molecule has 1 saturated carbocycles. The summed E-state index contributed by atoms with van der Waals surface area (Å²) in [6.45, 7) is 1.83. The molecule has 0 saturated heterocycles. The highest BCUT2D eigenvalue weighted by molar-refractivity contribution is 7.13. The van der Waals surface area contributed by atoms with Crippen molar-refractivity contribution in [3.63, 3.8) is 0 Å². The van der Waals surface area contributed by atoms with E-state index in [0.717, 1.165) is 10.7 Å². The number of carbonyl (C=O) groups is 1. The first-order valence-electron chi connectivity index (χ1n) is 5.25. The minimum atomic E-state index is -0.313. The molecule has 1 aliphatic carbocycles. The molecule has 0 N–H and O–H groups in total. The summed E-state index contributed by atoms with van der Waals surface area (Å²) in [5, 5.41) is 0.892. The van der Waals surface area contributed by atoms with E-state index < -0.39 is 0 Å². The first kappa shape index (κ1) is 11.5. The summed E-state index contributed by atoms with van der Waals surface area (Å²) in [4.78, 5) is 16.4. The van der Waals surface area contributed by atoms with Gasteiger partial charge in [0.25, 0.3) is 0 Å². The van der Waals surface area contributed by atoms with Crippen LogP contribution in [0.15, 0.2) is 0 Å². The second-order valence-electron chi connectivity index (χ2n) is 3.95. The highest BCUT2D eigenvalue weighted by atomic mass is 32.1. The summed E-state index contributed by atoms with van der Waals surface area (Å²) in [6, 6.07) is 0. The Kier molecular flexibility index (Phi) is 3.25. The Bertz CT molecular complexity index is 398. The molecule has 5 heteroatoms. The van der Waals surface area contributed by atoms with Crippen molar-refractivity contribution in [2.24, 2.45) is 5.92 Å². The number of nitrogens with zero attached hydrogens (tertiary/aromatic N) is 1. The molecule has 1 heterocycles. The third-order valence-corrected chi connectivity index (χ3v) is 3.93. The van der Waals surface area contributed by atoms with Gasteiger partial charge in [-0.1, -0.05) is 0 Å². The van der Waals surface area contributed by atoms with Crippen LogP contribution in [0, 0.1) is 12.8 Å². The van der Waals surface area contributed by atoms with E-state index in [1.807, 2.05) is 6.92 Å². The third kappa shape index (κ3) is 2.10. The number of aryl methyl sites for hydroxylation is 1. The molecule has 1 atom stereocenters. The number of thiazole rings is 1. The number of ether oxygens (including phenoxy) is 2. The number of aromatic nitrogens is 1. The van der Waals surface area contributed by atoms with Gasteiger partial charge in [0.1, 0.15) is 16.0 Å². The van der Waals surface area contributed by atoms with Crippen LogP contribution in [0.5, 0.6) is 0 Å². The molecule has 0 aliphatic heterocycles. The predicted molar refractivity (Wildman–Crippen MR) is 60.7 cm³/mol. The zero-order chi connectivity index (χ0) is 11.7. The zero-order valence-corrected chi connectivity index (χ0v) is 10.5. The number of hydrogen-bond acceptors (Lipinski definition) is 5. The van der Waals surface area contributed by atoms with E-state index in [9.17, 15) is 4.79 Å². The molecule has 0 aromatic carbocycles. The predicted octanol–water partition coefficient (Wildman–Crippen LogP) is 2.34. The number of methoxy groups -OCH3 is 2. The standard InChI is InChI=1S/C11H15NO3S/c1-6-9(11(13)15-3)16-10(12-6)8(14-2)7-4-5-7/h7-8H,4-5H2,1-3H3. The van der Waals surface area contributed by atoms with Crippen molar-refractivity contribution in [3.05, 3.63) is 15.6 Å².